The predicted octanol–water partition coefficient (Wildman–Crippen LogP) is 11.2. The molecular weight excluding hydrogens is 925 g/mol. The molecule has 60 heavy (non-hydrogen) atoms. The normalized spacial score (nSPS) is 15.1. The average molecular weight is 937 g/mol. The van der Waals surface area contributed by atoms with E-state index < -0.39 is 167 Å². The molecule has 5 aromatic rings. The Bertz CT molecular complexity index is 2430. The van der Waals surface area contributed by atoms with E-state index in [0.29, 0.717) is 19.1 Å². The molecule has 318 valence electrons. The van der Waals surface area contributed by atoms with Gasteiger partial charge < -0.3 is 0 Å². The topological polar surface area (TPSA) is 0 Å². The molecule has 0 saturated carbocycles. The largest absolute Gasteiger partial charge is 0.208 e. The van der Waals surface area contributed by atoms with Gasteiger partial charge in [0.05, 0.1) is 10.7 Å². The fourth-order valence-electron chi connectivity index (χ4n) is 7.27. The zero-order chi connectivity index (χ0) is 45.2. The number of benzene rings is 5. The Morgan fingerprint density at radius 2 is 0.667 bits per heavy atom. The van der Waals surface area contributed by atoms with Crippen molar-refractivity contribution in [2.75, 3.05) is 5.34 Å². The van der Waals surface area contributed by atoms with Crippen LogP contribution in [0.4, 0.5) is 87.8 Å². The minimum atomic E-state index is -6.80. The van der Waals surface area contributed by atoms with Crippen LogP contribution >= 0.6 is 30.5 Å². The Morgan fingerprint density at radius 3 is 0.933 bits per heavy atom. The van der Waals surface area contributed by atoms with Gasteiger partial charge in [-0.2, -0.15) is 23.5 Å². The lowest BCUT2D eigenvalue weighted by Crippen LogP contribution is -2.64. The highest BCUT2D eigenvalue weighted by atomic mass is 35.5. The first-order chi connectivity index (χ1) is 28.0. The Labute approximate surface area is 332 Å². The molecule has 0 atom stereocenters. The summed E-state index contributed by atoms with van der Waals surface area (Å²) in [7, 11) is -6.80. The highest BCUT2D eigenvalue weighted by molar-refractivity contribution is 8.04. The van der Waals surface area contributed by atoms with Gasteiger partial charge in [-0.05, 0) is 6.92 Å². The van der Waals surface area contributed by atoms with Crippen LogP contribution in [0.3, 0.4) is 0 Å². The summed E-state index contributed by atoms with van der Waals surface area (Å²) >= 11 is 9.53. The van der Waals surface area contributed by atoms with Crippen molar-refractivity contribution in [2.24, 2.45) is 0 Å². The second-order valence-corrected chi connectivity index (χ2v) is 16.2. The van der Waals surface area contributed by atoms with Crippen molar-refractivity contribution in [3.63, 3.8) is 0 Å². The highest BCUT2D eigenvalue weighted by Gasteiger charge is 2.67. The van der Waals surface area contributed by atoms with E-state index in [0.717, 1.165) is 18.2 Å². The number of halogens is 22. The van der Waals surface area contributed by atoms with Crippen LogP contribution in [-0.4, -0.2) is 11.5 Å². The molecule has 1 aliphatic heterocycles. The first-order valence-electron chi connectivity index (χ1n) is 15.7. The van der Waals surface area contributed by atoms with Crippen LogP contribution in [0.5, 0.6) is 0 Å². The highest BCUT2D eigenvalue weighted by Crippen LogP contribution is 2.79. The number of hydrogen-bond donors (Lipinski definition) is 0. The molecule has 0 unspecified atom stereocenters. The summed E-state index contributed by atoms with van der Waals surface area (Å²) in [6.07, 6.45) is -5.84. The molecule has 0 spiro atoms. The standard InChI is InChI=1S/C35H10BF20P.CH2Cl2/c1-2-11-36(12-14(37)18(41)22(45)19(42)15(12)38,13-16(39)20(43)23(46)21(44)17(13)40)8-10(9-6-4-3-5-7-9)57(11,34-30(53)26(49)24(47)27(50)31(34)54)35-32(55)28(51)25(48)29(52)33(35)56;2-1-3/h2-8H,1H3;1H2/b11-2-;. The Kier molecular flexibility index (Phi) is 12.8. The van der Waals surface area contributed by atoms with Gasteiger partial charge in [-0.3, -0.25) is 0 Å². The van der Waals surface area contributed by atoms with Crippen molar-refractivity contribution in [3.8, 4) is 0 Å². The van der Waals surface area contributed by atoms with Crippen LogP contribution in [0, 0.1) is 116 Å². The van der Waals surface area contributed by atoms with Crippen molar-refractivity contribution in [1.82, 2.24) is 0 Å². The molecule has 0 amide bonds. The van der Waals surface area contributed by atoms with Crippen molar-refractivity contribution in [1.29, 1.82) is 0 Å². The molecule has 0 N–H and O–H groups in total. The van der Waals surface area contributed by atoms with Gasteiger partial charge in [0, 0.05) is 5.56 Å². The lowest BCUT2D eigenvalue weighted by molar-refractivity contribution is 0.382. The molecule has 0 nitrogen and oxygen atoms in total. The third kappa shape index (κ3) is 6.27. The van der Waals surface area contributed by atoms with E-state index in [9.17, 15) is 17.6 Å². The molecule has 24 heteroatoms. The second-order valence-electron chi connectivity index (χ2n) is 12.1. The molecule has 1 heterocycles. The van der Waals surface area contributed by atoms with Crippen molar-refractivity contribution in [2.45, 2.75) is 6.92 Å². The zero-order valence-electron chi connectivity index (χ0n) is 28.6. The zero-order valence-corrected chi connectivity index (χ0v) is 31.0. The summed E-state index contributed by atoms with van der Waals surface area (Å²) in [5.41, 5.74) is -6.47. The third-order valence-corrected chi connectivity index (χ3v) is 14.1. The van der Waals surface area contributed by atoms with Crippen LogP contribution < -0.4 is 21.5 Å². The predicted molar refractivity (Wildman–Crippen MR) is 181 cm³/mol. The first-order valence-corrected chi connectivity index (χ1v) is 18.6. The molecule has 0 aliphatic carbocycles. The molecule has 1 aliphatic rings. The van der Waals surface area contributed by atoms with E-state index in [1.165, 1.54) is 0 Å². The summed E-state index contributed by atoms with van der Waals surface area (Å²) in [6.45, 7) is 0.374. The fraction of sp³-hybridized carbons (Fsp3) is 0.0556. The van der Waals surface area contributed by atoms with E-state index in [-0.39, 0.29) is 17.4 Å². The smallest absolute Gasteiger partial charge is 0.207 e. The Morgan fingerprint density at radius 1 is 0.417 bits per heavy atom. The van der Waals surface area contributed by atoms with Gasteiger partial charge >= 0.3 is 0 Å². The first kappa shape index (κ1) is 46.3. The van der Waals surface area contributed by atoms with Crippen LogP contribution in [0.1, 0.15) is 12.5 Å². The maximum atomic E-state index is 16.4. The Balaban J connectivity index is 0.00000221. The van der Waals surface area contributed by atoms with Gasteiger partial charge in [-0.25, -0.2) is 70.2 Å². The molecule has 5 aromatic carbocycles. The van der Waals surface area contributed by atoms with Crippen LogP contribution in [-0.2, 0) is 0 Å². The summed E-state index contributed by atoms with van der Waals surface area (Å²) in [5, 5.41) is -8.99. The minimum Gasteiger partial charge on any atom is -0.207 e. The number of hydrogen-bond acceptors (Lipinski definition) is 0. The van der Waals surface area contributed by atoms with Gasteiger partial charge in [-0.15, -0.1) is 34.1 Å². The molecule has 0 aromatic heterocycles. The molecule has 0 radical (unpaired) electrons. The lowest BCUT2D eigenvalue weighted by atomic mass is 9.18. The van der Waals surface area contributed by atoms with Gasteiger partial charge in [0.15, 0.2) is 51.7 Å². The molecule has 0 saturated heterocycles. The molecule has 6 rings (SSSR count). The summed E-state index contributed by atoms with van der Waals surface area (Å²) in [6, 6.07) is 3.98. The quantitative estimate of drug-likeness (QED) is 0.0411. The molecular formula is C36H12BCl2F20P. The van der Waals surface area contributed by atoms with Gasteiger partial charge in [0.1, 0.15) is 30.5 Å². The lowest BCUT2D eigenvalue weighted by Gasteiger charge is -2.41. The second kappa shape index (κ2) is 16.6. The van der Waals surface area contributed by atoms with Gasteiger partial charge in [0.2, 0.25) is 58.2 Å². The Hall–Kier alpha value is -4.75. The number of allylic oxidation sites excluding steroid dienone is 1. The van der Waals surface area contributed by atoms with E-state index in [2.05, 4.69) is 0 Å². The summed E-state index contributed by atoms with van der Waals surface area (Å²) in [4.78, 5) is 0. The monoisotopic (exact) mass is 936 g/mol. The average Bonchev–Trinajstić information content (AvgIpc) is 3.51. The number of alkyl halides is 2. The fourth-order valence-corrected chi connectivity index (χ4v) is 12.7. The van der Waals surface area contributed by atoms with E-state index in [4.69, 9.17) is 23.2 Å². The van der Waals surface area contributed by atoms with E-state index in [1.54, 1.807) is 0 Å². The maximum Gasteiger partial charge on any atom is 0.208 e. The van der Waals surface area contributed by atoms with Gasteiger partial charge in [-0.1, -0.05) is 41.6 Å². The van der Waals surface area contributed by atoms with Crippen LogP contribution in [0.25, 0.3) is 5.31 Å². The summed E-state index contributed by atoms with van der Waals surface area (Å²) < 4.78 is 310. The molecule has 0 fully saturated rings. The minimum absolute atomic E-state index is 0.0353. The molecule has 0 bridgehead atoms. The van der Waals surface area contributed by atoms with E-state index in [1.807, 2.05) is 0 Å². The van der Waals surface area contributed by atoms with Crippen molar-refractivity contribution < 1.29 is 87.8 Å². The number of rotatable bonds is 5. The summed E-state index contributed by atoms with van der Waals surface area (Å²) in [5.74, 6) is -63.2. The van der Waals surface area contributed by atoms with Gasteiger partial charge in [0.25, 0.3) is 0 Å². The maximum absolute atomic E-state index is 16.4. The third-order valence-electron chi connectivity index (χ3n) is 9.43. The van der Waals surface area contributed by atoms with Crippen LogP contribution in [0.2, 0.25) is 0 Å². The van der Waals surface area contributed by atoms with Crippen molar-refractivity contribution in [3.05, 3.63) is 170 Å². The van der Waals surface area contributed by atoms with Crippen molar-refractivity contribution >= 4 is 63.5 Å². The SMILES string of the molecule is C/C=C1/[B-](c2c(F)c(F)c(F)c(F)c2F)(c2c(F)c(F)c(F)c(F)c2F)C=C(c2ccccc2)[P+]1(c1c(F)c(F)c(F)c(F)c1F)c1c(F)c(F)c(F)c(F)c1F.ClCCl. The van der Waals surface area contributed by atoms with E-state index >= 15 is 70.2 Å². The van der Waals surface area contributed by atoms with Crippen LogP contribution in [0.15, 0.2) is 47.6 Å².